The van der Waals surface area contributed by atoms with E-state index in [0.717, 1.165) is 25.2 Å². The number of hydrogen-bond donors (Lipinski definition) is 3. The highest BCUT2D eigenvalue weighted by molar-refractivity contribution is 5.86. The van der Waals surface area contributed by atoms with E-state index in [2.05, 4.69) is 19.2 Å². The number of carboxylic acid groups (broad SMARTS) is 1. The SMILES string of the molecule is CC[C@H](C)CCCCCNC(N)(C(=O)O)C(C)C(=O)OC(C)(C)C. The highest BCUT2D eigenvalue weighted by Gasteiger charge is 2.45. The fraction of sp³-hybridized carbons (Fsp3) is 0.889. The highest BCUT2D eigenvalue weighted by atomic mass is 16.6. The Balaban J connectivity index is 4.50. The highest BCUT2D eigenvalue weighted by Crippen LogP contribution is 2.19. The van der Waals surface area contributed by atoms with Gasteiger partial charge in [-0.2, -0.15) is 0 Å². The van der Waals surface area contributed by atoms with Crippen molar-refractivity contribution in [3.8, 4) is 0 Å². The number of carboxylic acids is 1. The van der Waals surface area contributed by atoms with E-state index in [1.165, 1.54) is 19.8 Å². The van der Waals surface area contributed by atoms with Crippen LogP contribution in [-0.2, 0) is 14.3 Å². The van der Waals surface area contributed by atoms with E-state index in [0.29, 0.717) is 6.54 Å². The Kier molecular flexibility index (Phi) is 9.51. The first kappa shape index (κ1) is 22.9. The minimum atomic E-state index is -1.82. The van der Waals surface area contributed by atoms with Crippen LogP contribution in [0.4, 0.5) is 0 Å². The first-order chi connectivity index (χ1) is 10.9. The summed E-state index contributed by atoms with van der Waals surface area (Å²) in [6, 6.07) is 0. The Morgan fingerprint density at radius 2 is 1.75 bits per heavy atom. The number of unbranched alkanes of at least 4 members (excludes halogenated alkanes) is 2. The summed E-state index contributed by atoms with van der Waals surface area (Å²) in [5, 5.41) is 12.3. The fourth-order valence-corrected chi connectivity index (χ4v) is 2.28. The molecule has 0 radical (unpaired) electrons. The lowest BCUT2D eigenvalue weighted by Crippen LogP contribution is -2.66. The zero-order chi connectivity index (χ0) is 19.0. The topological polar surface area (TPSA) is 102 Å². The van der Waals surface area contributed by atoms with Gasteiger partial charge in [-0.3, -0.25) is 10.1 Å². The second-order valence-corrected chi connectivity index (χ2v) is 7.72. The number of nitrogens with two attached hydrogens (primary N) is 1. The van der Waals surface area contributed by atoms with Crippen LogP contribution >= 0.6 is 0 Å². The third kappa shape index (κ3) is 8.11. The van der Waals surface area contributed by atoms with E-state index in [1.54, 1.807) is 20.8 Å². The smallest absolute Gasteiger partial charge is 0.339 e. The van der Waals surface area contributed by atoms with Crippen molar-refractivity contribution in [1.82, 2.24) is 5.32 Å². The van der Waals surface area contributed by atoms with Crippen molar-refractivity contribution in [2.45, 2.75) is 84.9 Å². The third-order valence-electron chi connectivity index (χ3n) is 4.29. The lowest BCUT2D eigenvalue weighted by Gasteiger charge is -2.32. The number of rotatable bonds is 11. The number of nitrogens with one attached hydrogen (secondary N) is 1. The zero-order valence-corrected chi connectivity index (χ0v) is 16.1. The molecule has 0 heterocycles. The molecule has 3 atom stereocenters. The van der Waals surface area contributed by atoms with Crippen molar-refractivity contribution < 1.29 is 19.4 Å². The average Bonchev–Trinajstić information content (AvgIpc) is 2.47. The van der Waals surface area contributed by atoms with Crippen LogP contribution in [0.3, 0.4) is 0 Å². The minimum Gasteiger partial charge on any atom is -0.479 e. The summed E-state index contributed by atoms with van der Waals surface area (Å²) in [4.78, 5) is 23.7. The maximum absolute atomic E-state index is 12.1. The van der Waals surface area contributed by atoms with E-state index in [9.17, 15) is 14.7 Å². The lowest BCUT2D eigenvalue weighted by atomic mass is 9.94. The first-order valence-corrected chi connectivity index (χ1v) is 8.94. The average molecular weight is 344 g/mol. The van der Waals surface area contributed by atoms with Gasteiger partial charge in [0.25, 0.3) is 0 Å². The molecular weight excluding hydrogens is 308 g/mol. The molecule has 0 aliphatic carbocycles. The number of ether oxygens (including phenoxy) is 1. The normalized spacial score (nSPS) is 17.0. The van der Waals surface area contributed by atoms with Gasteiger partial charge < -0.3 is 15.6 Å². The lowest BCUT2D eigenvalue weighted by molar-refractivity contribution is -0.168. The number of hydrogen-bond acceptors (Lipinski definition) is 5. The maximum atomic E-state index is 12.1. The van der Waals surface area contributed by atoms with Crippen LogP contribution in [0.15, 0.2) is 0 Å². The molecule has 0 aromatic carbocycles. The van der Waals surface area contributed by atoms with Crippen molar-refractivity contribution in [1.29, 1.82) is 0 Å². The molecule has 0 bridgehead atoms. The Hall–Kier alpha value is -1.14. The number of aliphatic carboxylic acids is 1. The van der Waals surface area contributed by atoms with Gasteiger partial charge in [-0.05, 0) is 46.6 Å². The van der Waals surface area contributed by atoms with Crippen molar-refractivity contribution in [3.05, 3.63) is 0 Å². The standard InChI is InChI=1S/C18H36N2O4/c1-7-13(2)11-9-8-10-12-20-18(19,16(22)23)14(3)15(21)24-17(4,5)6/h13-14,20H,7-12,19H2,1-6H3,(H,22,23)/t13-,14?,18?/m0/s1. The predicted molar refractivity (Wildman–Crippen MR) is 95.5 cm³/mol. The van der Waals surface area contributed by atoms with Crippen LogP contribution in [0.2, 0.25) is 0 Å². The summed E-state index contributed by atoms with van der Waals surface area (Å²) < 4.78 is 5.26. The van der Waals surface area contributed by atoms with E-state index >= 15 is 0 Å². The van der Waals surface area contributed by atoms with Gasteiger partial charge in [0, 0.05) is 0 Å². The van der Waals surface area contributed by atoms with Gasteiger partial charge in [0.05, 0.1) is 5.92 Å². The summed E-state index contributed by atoms with van der Waals surface area (Å²) in [6.45, 7) is 11.6. The molecule has 142 valence electrons. The first-order valence-electron chi connectivity index (χ1n) is 8.94. The van der Waals surface area contributed by atoms with Crippen LogP contribution in [0.5, 0.6) is 0 Å². The molecule has 0 fully saturated rings. The number of carbonyl (C=O) groups is 2. The van der Waals surface area contributed by atoms with Gasteiger partial charge in [0.15, 0.2) is 5.66 Å². The van der Waals surface area contributed by atoms with E-state index in [4.69, 9.17) is 10.5 Å². The number of esters is 1. The summed E-state index contributed by atoms with van der Waals surface area (Å²) in [6.07, 6.45) is 5.30. The molecule has 6 heteroatoms. The van der Waals surface area contributed by atoms with E-state index < -0.39 is 29.1 Å². The van der Waals surface area contributed by atoms with Gasteiger partial charge in [-0.25, -0.2) is 4.79 Å². The molecule has 6 nitrogen and oxygen atoms in total. The van der Waals surface area contributed by atoms with Crippen LogP contribution in [0.1, 0.15) is 73.6 Å². The van der Waals surface area contributed by atoms with Crippen molar-refractivity contribution >= 4 is 11.9 Å². The molecule has 0 aromatic rings. The van der Waals surface area contributed by atoms with Crippen molar-refractivity contribution in [2.75, 3.05) is 6.54 Å². The predicted octanol–water partition coefficient (Wildman–Crippen LogP) is 2.90. The molecule has 0 spiro atoms. The van der Waals surface area contributed by atoms with Gasteiger partial charge in [-0.15, -0.1) is 0 Å². The van der Waals surface area contributed by atoms with Gasteiger partial charge in [0.1, 0.15) is 5.60 Å². The van der Waals surface area contributed by atoms with Crippen LogP contribution in [0.25, 0.3) is 0 Å². The monoisotopic (exact) mass is 344 g/mol. The maximum Gasteiger partial charge on any atom is 0.339 e. The molecule has 0 rings (SSSR count). The fourth-order valence-electron chi connectivity index (χ4n) is 2.28. The van der Waals surface area contributed by atoms with Crippen molar-refractivity contribution in [3.63, 3.8) is 0 Å². The molecule has 24 heavy (non-hydrogen) atoms. The summed E-state index contributed by atoms with van der Waals surface area (Å²) in [5.41, 5.74) is 3.48. The van der Waals surface area contributed by atoms with Crippen LogP contribution in [-0.4, -0.2) is 34.9 Å². The van der Waals surface area contributed by atoms with Crippen LogP contribution < -0.4 is 11.1 Å². The molecule has 0 saturated heterocycles. The quantitative estimate of drug-likeness (QED) is 0.303. The molecule has 0 amide bonds. The van der Waals surface area contributed by atoms with Gasteiger partial charge >= 0.3 is 11.9 Å². The largest absolute Gasteiger partial charge is 0.479 e. The Morgan fingerprint density at radius 3 is 2.21 bits per heavy atom. The van der Waals surface area contributed by atoms with Gasteiger partial charge in [0.2, 0.25) is 0 Å². The number of carbonyl (C=O) groups excluding carboxylic acids is 1. The Labute approximate surface area is 146 Å². The summed E-state index contributed by atoms with van der Waals surface area (Å²) in [7, 11) is 0. The second-order valence-electron chi connectivity index (χ2n) is 7.72. The van der Waals surface area contributed by atoms with Crippen LogP contribution in [0, 0.1) is 11.8 Å². The Morgan fingerprint density at radius 1 is 1.17 bits per heavy atom. The molecule has 0 aromatic heterocycles. The van der Waals surface area contributed by atoms with E-state index in [-0.39, 0.29) is 0 Å². The van der Waals surface area contributed by atoms with Gasteiger partial charge in [-0.1, -0.05) is 39.5 Å². The molecule has 0 aliphatic rings. The minimum absolute atomic E-state index is 0.455. The van der Waals surface area contributed by atoms with Crippen molar-refractivity contribution in [2.24, 2.45) is 17.6 Å². The molecular formula is C18H36N2O4. The zero-order valence-electron chi connectivity index (χ0n) is 16.1. The third-order valence-corrected chi connectivity index (χ3v) is 4.29. The molecule has 2 unspecified atom stereocenters. The van der Waals surface area contributed by atoms with E-state index in [1.807, 2.05) is 0 Å². The Bertz CT molecular complexity index is 406. The second kappa shape index (κ2) is 9.99. The molecule has 0 saturated carbocycles. The molecule has 4 N–H and O–H groups in total. The molecule has 0 aliphatic heterocycles. The summed E-state index contributed by atoms with van der Waals surface area (Å²) >= 11 is 0. The summed E-state index contributed by atoms with van der Waals surface area (Å²) in [5.74, 6) is -2.13.